The van der Waals surface area contributed by atoms with Crippen LogP contribution in [0.15, 0.2) is 59.7 Å². The van der Waals surface area contributed by atoms with E-state index < -0.39 is 29.8 Å². The van der Waals surface area contributed by atoms with Crippen molar-refractivity contribution in [3.05, 3.63) is 65.2 Å². The highest BCUT2D eigenvalue weighted by Gasteiger charge is 2.64. The number of imide groups is 1. The van der Waals surface area contributed by atoms with Gasteiger partial charge in [-0.2, -0.15) is 5.10 Å². The minimum absolute atomic E-state index is 0.319. The number of hydrazone groups is 1. The van der Waals surface area contributed by atoms with Crippen LogP contribution in [0.4, 0.5) is 5.69 Å². The lowest BCUT2D eigenvalue weighted by molar-refractivity contribution is -0.123. The predicted molar refractivity (Wildman–Crippen MR) is 122 cm³/mol. The van der Waals surface area contributed by atoms with Crippen LogP contribution < -0.4 is 14.4 Å². The summed E-state index contributed by atoms with van der Waals surface area (Å²) >= 11 is 5.97. The highest BCUT2D eigenvalue weighted by Crippen LogP contribution is 2.46. The fraction of sp³-hybridized carbons (Fsp3) is 0.250. The molecular formula is C24H20ClN3O5. The summed E-state index contributed by atoms with van der Waals surface area (Å²) in [4.78, 5) is 41.9. The van der Waals surface area contributed by atoms with Crippen LogP contribution in [0, 0.1) is 11.8 Å². The van der Waals surface area contributed by atoms with Crippen LogP contribution in [0.25, 0.3) is 0 Å². The van der Waals surface area contributed by atoms with Gasteiger partial charge in [0, 0.05) is 16.8 Å². The molecule has 0 aromatic heterocycles. The van der Waals surface area contributed by atoms with E-state index in [-0.39, 0.29) is 11.7 Å². The maximum Gasteiger partial charge on any atom is 0.240 e. The number of nitrogens with zero attached hydrogens (tertiary/aromatic N) is 3. The molecule has 2 aromatic carbocycles. The average Bonchev–Trinajstić information content (AvgIpc) is 3.31. The molecule has 0 saturated carbocycles. The van der Waals surface area contributed by atoms with E-state index >= 15 is 0 Å². The standard InChI is InChI=1S/C24H20ClN3O5/c1-32-17-10-5-13(12-18(17)33-2)22(29)21-20-19(16-4-3-11-26-28(16)21)23(30)27(24(20)31)15-8-6-14(25)7-9-15/h3-12,16,19-21H,1-2H3/t16-,19+,20-,21+/m1/s1. The minimum Gasteiger partial charge on any atom is -0.493 e. The Kier molecular flexibility index (Phi) is 5.17. The molecule has 2 aromatic rings. The number of ketones is 1. The molecule has 8 nitrogen and oxygen atoms in total. The van der Waals surface area contributed by atoms with E-state index in [1.807, 2.05) is 6.08 Å². The Morgan fingerprint density at radius 1 is 0.970 bits per heavy atom. The van der Waals surface area contributed by atoms with E-state index in [2.05, 4.69) is 5.10 Å². The first-order valence-corrected chi connectivity index (χ1v) is 10.7. The van der Waals surface area contributed by atoms with E-state index in [0.717, 1.165) is 4.90 Å². The molecule has 3 aliphatic rings. The van der Waals surface area contributed by atoms with Gasteiger partial charge in [0.2, 0.25) is 11.8 Å². The van der Waals surface area contributed by atoms with E-state index in [0.29, 0.717) is 27.8 Å². The third-order valence-corrected chi connectivity index (χ3v) is 6.56. The van der Waals surface area contributed by atoms with Gasteiger partial charge in [-0.05, 0) is 48.5 Å². The Morgan fingerprint density at radius 2 is 1.67 bits per heavy atom. The molecule has 0 N–H and O–H groups in total. The first-order valence-electron chi connectivity index (χ1n) is 10.3. The number of Topliss-reactive ketones (excluding diaryl/α,β-unsaturated/α-hetero) is 1. The third-order valence-electron chi connectivity index (χ3n) is 6.31. The summed E-state index contributed by atoms with van der Waals surface area (Å²) in [6.07, 6.45) is 5.09. The predicted octanol–water partition coefficient (Wildman–Crippen LogP) is 2.95. The summed E-state index contributed by atoms with van der Waals surface area (Å²) < 4.78 is 10.6. The van der Waals surface area contributed by atoms with Crippen molar-refractivity contribution in [2.75, 3.05) is 19.1 Å². The Balaban J connectivity index is 1.56. The van der Waals surface area contributed by atoms with Crippen molar-refractivity contribution < 1.29 is 23.9 Å². The van der Waals surface area contributed by atoms with E-state index in [1.165, 1.54) is 14.2 Å². The molecule has 4 atom stereocenters. The zero-order valence-corrected chi connectivity index (χ0v) is 18.6. The van der Waals surface area contributed by atoms with Gasteiger partial charge in [0.05, 0.1) is 37.8 Å². The number of ether oxygens (including phenoxy) is 2. The normalized spacial score (nSPS) is 25.3. The molecule has 0 spiro atoms. The quantitative estimate of drug-likeness (QED) is 0.498. The molecule has 0 unspecified atom stereocenters. The fourth-order valence-corrected chi connectivity index (χ4v) is 4.97. The Hall–Kier alpha value is -3.65. The SMILES string of the molecule is COc1ccc(C(=O)[C@@H]2[C@@H]3C(=O)N(c4ccc(Cl)cc4)C(=O)[C@H]3[C@H]3C=CC=NN32)cc1OC. The van der Waals surface area contributed by atoms with E-state index in [9.17, 15) is 14.4 Å². The van der Waals surface area contributed by atoms with Crippen LogP contribution in [-0.2, 0) is 9.59 Å². The van der Waals surface area contributed by atoms with Gasteiger partial charge >= 0.3 is 0 Å². The van der Waals surface area contributed by atoms with Crippen molar-refractivity contribution in [1.82, 2.24) is 5.01 Å². The van der Waals surface area contributed by atoms with Crippen molar-refractivity contribution in [3.63, 3.8) is 0 Å². The smallest absolute Gasteiger partial charge is 0.240 e. The van der Waals surface area contributed by atoms with Crippen molar-refractivity contribution in [2.24, 2.45) is 16.9 Å². The number of hydrogen-bond acceptors (Lipinski definition) is 7. The number of methoxy groups -OCH3 is 2. The number of rotatable bonds is 5. The molecule has 0 radical (unpaired) electrons. The molecule has 0 aliphatic carbocycles. The second-order valence-corrected chi connectivity index (χ2v) is 8.38. The van der Waals surface area contributed by atoms with Gasteiger partial charge in [0.15, 0.2) is 17.3 Å². The number of benzene rings is 2. The van der Waals surface area contributed by atoms with Crippen molar-refractivity contribution >= 4 is 41.1 Å². The Morgan fingerprint density at radius 3 is 2.36 bits per heavy atom. The number of anilines is 1. The van der Waals surface area contributed by atoms with Gasteiger partial charge in [-0.15, -0.1) is 0 Å². The molecule has 2 amide bonds. The summed E-state index contributed by atoms with van der Waals surface area (Å²) in [6.45, 7) is 0. The van der Waals surface area contributed by atoms with Crippen LogP contribution in [-0.4, -0.2) is 55.1 Å². The third kappa shape index (κ3) is 3.21. The number of halogens is 1. The number of fused-ring (bicyclic) bond motifs is 3. The van der Waals surface area contributed by atoms with Crippen molar-refractivity contribution in [3.8, 4) is 11.5 Å². The Bertz CT molecular complexity index is 1210. The summed E-state index contributed by atoms with van der Waals surface area (Å²) in [5, 5.41) is 6.43. The molecular weight excluding hydrogens is 446 g/mol. The highest BCUT2D eigenvalue weighted by atomic mass is 35.5. The summed E-state index contributed by atoms with van der Waals surface area (Å²) in [7, 11) is 2.99. The molecule has 5 rings (SSSR count). The number of amides is 2. The lowest BCUT2D eigenvalue weighted by Crippen LogP contribution is -2.46. The molecule has 2 saturated heterocycles. The lowest BCUT2D eigenvalue weighted by atomic mass is 9.86. The van der Waals surface area contributed by atoms with Gasteiger partial charge in [-0.3, -0.25) is 19.4 Å². The minimum atomic E-state index is -0.937. The second kappa shape index (κ2) is 8.04. The Labute approximate surface area is 195 Å². The van der Waals surface area contributed by atoms with Crippen LogP contribution in [0.1, 0.15) is 10.4 Å². The molecule has 33 heavy (non-hydrogen) atoms. The number of carbonyl (C=O) groups is 3. The van der Waals surface area contributed by atoms with Crippen molar-refractivity contribution in [2.45, 2.75) is 12.1 Å². The largest absolute Gasteiger partial charge is 0.493 e. The second-order valence-electron chi connectivity index (χ2n) is 7.94. The average molecular weight is 466 g/mol. The monoisotopic (exact) mass is 465 g/mol. The van der Waals surface area contributed by atoms with E-state index in [4.69, 9.17) is 21.1 Å². The molecule has 9 heteroatoms. The van der Waals surface area contributed by atoms with Crippen molar-refractivity contribution in [1.29, 1.82) is 0 Å². The number of hydrogen-bond donors (Lipinski definition) is 0. The fourth-order valence-electron chi connectivity index (χ4n) is 4.84. The molecule has 3 heterocycles. The maximum atomic E-state index is 13.7. The van der Waals surface area contributed by atoms with Gasteiger partial charge in [0.1, 0.15) is 6.04 Å². The molecule has 0 bridgehead atoms. The summed E-state index contributed by atoms with van der Waals surface area (Å²) in [5.41, 5.74) is 0.767. The summed E-state index contributed by atoms with van der Waals surface area (Å²) in [6, 6.07) is 9.88. The molecule has 3 aliphatic heterocycles. The van der Waals surface area contributed by atoms with Crippen LogP contribution in [0.2, 0.25) is 5.02 Å². The van der Waals surface area contributed by atoms with Gasteiger partial charge in [0.25, 0.3) is 0 Å². The maximum absolute atomic E-state index is 13.7. The summed E-state index contributed by atoms with van der Waals surface area (Å²) in [5.74, 6) is -1.82. The number of carbonyl (C=O) groups excluding carboxylic acids is 3. The lowest BCUT2D eigenvalue weighted by Gasteiger charge is -2.30. The van der Waals surface area contributed by atoms with Gasteiger partial charge < -0.3 is 9.47 Å². The zero-order valence-electron chi connectivity index (χ0n) is 17.8. The first kappa shape index (κ1) is 21.2. The van der Waals surface area contributed by atoms with Gasteiger partial charge in [-0.25, -0.2) is 4.90 Å². The first-order chi connectivity index (χ1) is 16.0. The highest BCUT2D eigenvalue weighted by molar-refractivity contribution is 6.31. The molecule has 168 valence electrons. The zero-order chi connectivity index (χ0) is 23.3. The van der Waals surface area contributed by atoms with Crippen LogP contribution >= 0.6 is 11.6 Å². The van der Waals surface area contributed by atoms with Crippen LogP contribution in [0.3, 0.4) is 0 Å². The molecule has 2 fully saturated rings. The van der Waals surface area contributed by atoms with E-state index in [1.54, 1.807) is 59.8 Å². The van der Waals surface area contributed by atoms with Crippen LogP contribution in [0.5, 0.6) is 11.5 Å². The topological polar surface area (TPSA) is 88.5 Å². The van der Waals surface area contributed by atoms with Gasteiger partial charge in [-0.1, -0.05) is 17.7 Å². The number of allylic oxidation sites excluding steroid dienone is 1.